The molecule has 0 saturated heterocycles. The number of halogens is 1. The maximum Gasteiger partial charge on any atom is 0.281 e. The van der Waals surface area contributed by atoms with E-state index < -0.39 is 10.2 Å². The van der Waals surface area contributed by atoms with E-state index in [2.05, 4.69) is 4.90 Å². The molecule has 0 radical (unpaired) electrons. The van der Waals surface area contributed by atoms with Crippen molar-refractivity contribution >= 4 is 21.8 Å². The average molecular weight is 312 g/mol. The molecule has 19 heavy (non-hydrogen) atoms. The highest BCUT2D eigenvalue weighted by Crippen LogP contribution is 2.37. The van der Waals surface area contributed by atoms with Gasteiger partial charge in [-0.1, -0.05) is 0 Å². The Balaban J connectivity index is 2.68. The van der Waals surface area contributed by atoms with Crippen LogP contribution in [0, 0.1) is 0 Å². The Labute approximate surface area is 122 Å². The number of rotatable bonds is 8. The minimum Gasteiger partial charge on any atom is -0.302 e. The normalized spacial score (nSPS) is 19.2. The van der Waals surface area contributed by atoms with Crippen molar-refractivity contribution in [1.82, 2.24) is 13.5 Å². The number of nitrogens with zero attached hydrogens (tertiary/aromatic N) is 3. The van der Waals surface area contributed by atoms with Crippen LogP contribution in [0.3, 0.4) is 0 Å². The molecule has 0 unspecified atom stereocenters. The molecule has 114 valence electrons. The number of hydrogen-bond acceptors (Lipinski definition) is 3. The summed E-state index contributed by atoms with van der Waals surface area (Å²) in [6.07, 6.45) is 3.97. The van der Waals surface area contributed by atoms with Crippen molar-refractivity contribution in [2.24, 2.45) is 0 Å². The van der Waals surface area contributed by atoms with E-state index in [1.807, 2.05) is 14.1 Å². The zero-order chi connectivity index (χ0) is 14.7. The molecule has 0 aliphatic heterocycles. The Hall–Kier alpha value is 0.120. The molecule has 5 nitrogen and oxygen atoms in total. The molecule has 0 spiro atoms. The summed E-state index contributed by atoms with van der Waals surface area (Å²) in [5.41, 5.74) is 0.00907. The van der Waals surface area contributed by atoms with Crippen molar-refractivity contribution < 1.29 is 8.42 Å². The van der Waals surface area contributed by atoms with E-state index in [9.17, 15) is 8.42 Å². The molecule has 0 aromatic rings. The Morgan fingerprint density at radius 3 is 2.05 bits per heavy atom. The van der Waals surface area contributed by atoms with Crippen molar-refractivity contribution in [3.8, 4) is 0 Å². The molecule has 0 heterocycles. The van der Waals surface area contributed by atoms with E-state index in [0.29, 0.717) is 25.4 Å². The molecular weight excluding hydrogens is 286 g/mol. The van der Waals surface area contributed by atoms with Gasteiger partial charge in [-0.2, -0.15) is 17.0 Å². The zero-order valence-electron chi connectivity index (χ0n) is 12.4. The molecule has 0 atom stereocenters. The zero-order valence-corrected chi connectivity index (χ0v) is 14.0. The van der Waals surface area contributed by atoms with Gasteiger partial charge in [-0.25, -0.2) is 0 Å². The van der Waals surface area contributed by atoms with Crippen molar-refractivity contribution in [2.75, 3.05) is 47.2 Å². The monoisotopic (exact) mass is 311 g/mol. The molecule has 0 bridgehead atoms. The van der Waals surface area contributed by atoms with E-state index in [0.717, 1.165) is 12.8 Å². The van der Waals surface area contributed by atoms with E-state index >= 15 is 0 Å². The molecule has 1 fully saturated rings. The van der Waals surface area contributed by atoms with Gasteiger partial charge in [0.25, 0.3) is 10.2 Å². The van der Waals surface area contributed by atoms with E-state index in [4.69, 9.17) is 11.6 Å². The van der Waals surface area contributed by atoms with Gasteiger partial charge in [-0.3, -0.25) is 0 Å². The van der Waals surface area contributed by atoms with Crippen LogP contribution in [-0.2, 0) is 10.2 Å². The van der Waals surface area contributed by atoms with Crippen molar-refractivity contribution in [2.45, 2.75) is 31.2 Å². The lowest BCUT2D eigenvalue weighted by molar-refractivity contribution is 0.0445. The summed E-state index contributed by atoms with van der Waals surface area (Å²) in [7, 11) is 3.95. The first-order valence-electron chi connectivity index (χ1n) is 6.67. The van der Waals surface area contributed by atoms with Gasteiger partial charge in [0, 0.05) is 38.6 Å². The highest BCUT2D eigenvalue weighted by Gasteiger charge is 2.42. The smallest absolute Gasteiger partial charge is 0.281 e. The highest BCUT2D eigenvalue weighted by atomic mass is 35.5. The molecular formula is C12H26ClN3O2S. The number of hydrogen-bond donors (Lipinski definition) is 0. The fourth-order valence-electron chi connectivity index (χ4n) is 2.46. The largest absolute Gasteiger partial charge is 0.302 e. The van der Waals surface area contributed by atoms with Crippen LogP contribution < -0.4 is 0 Å². The second-order valence-corrected chi connectivity index (χ2v) is 8.12. The van der Waals surface area contributed by atoms with Crippen molar-refractivity contribution in [1.29, 1.82) is 0 Å². The third-order valence-corrected chi connectivity index (χ3v) is 6.30. The minimum absolute atomic E-state index is 0.00907. The molecule has 0 aromatic heterocycles. The molecule has 0 N–H and O–H groups in total. The Kier molecular flexibility index (Phi) is 6.07. The summed E-state index contributed by atoms with van der Waals surface area (Å²) in [4.78, 5) is 2.15. The summed E-state index contributed by atoms with van der Waals surface area (Å²) in [6.45, 7) is 1.01. The summed E-state index contributed by atoms with van der Waals surface area (Å²) in [5.74, 6) is 0.477. The number of alkyl halides is 1. The predicted octanol–water partition coefficient (Wildman–Crippen LogP) is 1.21. The average Bonchev–Trinajstić information content (AvgIpc) is 2.29. The van der Waals surface area contributed by atoms with Gasteiger partial charge in [0.15, 0.2) is 0 Å². The third-order valence-electron chi connectivity index (χ3n) is 4.14. The van der Waals surface area contributed by atoms with Gasteiger partial charge in [-0.05, 0) is 39.8 Å². The topological polar surface area (TPSA) is 43.9 Å². The van der Waals surface area contributed by atoms with E-state index in [-0.39, 0.29) is 5.54 Å². The van der Waals surface area contributed by atoms with Crippen LogP contribution >= 0.6 is 11.6 Å². The lowest BCUT2D eigenvalue weighted by Gasteiger charge is -2.49. The molecule has 1 saturated carbocycles. The van der Waals surface area contributed by atoms with Crippen LogP contribution in [0.4, 0.5) is 0 Å². The van der Waals surface area contributed by atoms with Gasteiger partial charge in [0.1, 0.15) is 0 Å². The highest BCUT2D eigenvalue weighted by molar-refractivity contribution is 7.86. The van der Waals surface area contributed by atoms with Crippen LogP contribution in [-0.4, -0.2) is 74.6 Å². The van der Waals surface area contributed by atoms with Gasteiger partial charge >= 0.3 is 0 Å². The molecule has 7 heteroatoms. The molecule has 1 aliphatic rings. The maximum atomic E-state index is 12.4. The maximum absolute atomic E-state index is 12.4. The minimum atomic E-state index is -3.37. The molecule has 0 amide bonds. The quantitative estimate of drug-likeness (QED) is 0.633. The fraction of sp³-hybridized carbons (Fsp3) is 1.00. The van der Waals surface area contributed by atoms with Crippen LogP contribution in [0.5, 0.6) is 0 Å². The summed E-state index contributed by atoms with van der Waals surface area (Å²) in [5, 5.41) is 0. The van der Waals surface area contributed by atoms with Gasteiger partial charge in [0.05, 0.1) is 0 Å². The summed E-state index contributed by atoms with van der Waals surface area (Å²) >= 11 is 5.61. The Morgan fingerprint density at radius 1 is 1.11 bits per heavy atom. The standard InChI is InChI=1S/C12H26ClN3O2S/c1-14(2)12(7-5-8-12)11-16(4)19(17,18)15(3)10-6-9-13/h5-11H2,1-4H3. The lowest BCUT2D eigenvalue weighted by atomic mass is 9.75. The third kappa shape index (κ3) is 3.82. The number of likely N-dealkylation sites (N-methyl/N-ethyl adjacent to an activating group) is 2. The molecule has 1 rings (SSSR count). The van der Waals surface area contributed by atoms with Crippen LogP contribution in [0.25, 0.3) is 0 Å². The van der Waals surface area contributed by atoms with Gasteiger partial charge < -0.3 is 4.90 Å². The Bertz CT molecular complexity index is 382. The van der Waals surface area contributed by atoms with Gasteiger partial charge in [0.2, 0.25) is 0 Å². The molecule has 0 aromatic carbocycles. The summed E-state index contributed by atoms with van der Waals surface area (Å²) < 4.78 is 27.6. The van der Waals surface area contributed by atoms with Gasteiger partial charge in [-0.15, -0.1) is 11.6 Å². The first-order chi connectivity index (χ1) is 8.76. The second kappa shape index (κ2) is 6.72. The second-order valence-electron chi connectivity index (χ2n) is 5.60. The first kappa shape index (κ1) is 17.2. The first-order valence-corrected chi connectivity index (χ1v) is 8.60. The lowest BCUT2D eigenvalue weighted by Crippen LogP contribution is -2.58. The fourth-order valence-corrected chi connectivity index (χ4v) is 3.82. The molecule has 1 aliphatic carbocycles. The van der Waals surface area contributed by atoms with E-state index in [1.54, 1.807) is 14.1 Å². The van der Waals surface area contributed by atoms with Crippen LogP contribution in [0.15, 0.2) is 0 Å². The Morgan fingerprint density at radius 2 is 1.68 bits per heavy atom. The van der Waals surface area contributed by atoms with Crippen LogP contribution in [0.2, 0.25) is 0 Å². The summed E-state index contributed by atoms with van der Waals surface area (Å²) in [6, 6.07) is 0. The SMILES string of the molecule is CN(C)C1(CN(C)S(=O)(=O)N(C)CCCCl)CCC1. The van der Waals surface area contributed by atoms with Crippen molar-refractivity contribution in [3.63, 3.8) is 0 Å². The van der Waals surface area contributed by atoms with E-state index in [1.165, 1.54) is 15.0 Å². The van der Waals surface area contributed by atoms with Crippen LogP contribution in [0.1, 0.15) is 25.7 Å². The predicted molar refractivity (Wildman–Crippen MR) is 79.8 cm³/mol. The van der Waals surface area contributed by atoms with Crippen molar-refractivity contribution in [3.05, 3.63) is 0 Å².